The minimum Gasteiger partial charge on any atom is -0.338 e. The lowest BCUT2D eigenvalue weighted by Crippen LogP contribution is -2.22. The maximum atomic E-state index is 11.6. The summed E-state index contributed by atoms with van der Waals surface area (Å²) >= 11 is 0. The van der Waals surface area contributed by atoms with Crippen LogP contribution in [0, 0.1) is 0 Å². The number of nitrogens with zero attached hydrogens (tertiary/aromatic N) is 3. The molecule has 0 aliphatic carbocycles. The molecule has 3 rings (SSSR count). The van der Waals surface area contributed by atoms with Crippen LogP contribution in [-0.4, -0.2) is 36.8 Å². The number of benzene rings is 2. The van der Waals surface area contributed by atoms with Crippen molar-refractivity contribution < 1.29 is 12.9 Å². The van der Waals surface area contributed by atoms with E-state index in [2.05, 4.69) is 22.0 Å². The molecular weight excluding hydrogens is 362 g/mol. The van der Waals surface area contributed by atoms with E-state index in [-0.39, 0.29) is 6.04 Å². The molecule has 0 fully saturated rings. The molecule has 27 heavy (non-hydrogen) atoms. The Kier molecular flexibility index (Phi) is 5.72. The number of hydrogen-bond acceptors (Lipinski definition) is 6. The van der Waals surface area contributed by atoms with Crippen molar-refractivity contribution in [3.63, 3.8) is 0 Å². The van der Waals surface area contributed by atoms with Crippen LogP contribution in [-0.2, 0) is 22.8 Å². The lowest BCUT2D eigenvalue weighted by molar-refractivity contribution is 0.216. The van der Waals surface area contributed by atoms with Crippen molar-refractivity contribution >= 4 is 9.84 Å². The molecule has 0 aliphatic heterocycles. The molecule has 7 heteroatoms. The lowest BCUT2D eigenvalue weighted by atomic mass is 10.1. The van der Waals surface area contributed by atoms with Gasteiger partial charge in [-0.1, -0.05) is 47.6 Å². The Labute approximate surface area is 159 Å². The van der Waals surface area contributed by atoms with E-state index in [0.29, 0.717) is 29.6 Å². The van der Waals surface area contributed by atoms with Crippen molar-refractivity contribution in [2.75, 3.05) is 13.3 Å². The largest absolute Gasteiger partial charge is 0.338 e. The van der Waals surface area contributed by atoms with Gasteiger partial charge in [-0.05, 0) is 37.2 Å². The van der Waals surface area contributed by atoms with Gasteiger partial charge in [0.15, 0.2) is 15.7 Å². The summed E-state index contributed by atoms with van der Waals surface area (Å²) in [6.45, 7) is 2.56. The Balaban J connectivity index is 1.64. The first-order valence-electron chi connectivity index (χ1n) is 8.68. The first-order valence-corrected chi connectivity index (χ1v) is 10.6. The molecule has 1 heterocycles. The second kappa shape index (κ2) is 8.02. The predicted molar refractivity (Wildman–Crippen MR) is 103 cm³/mol. The van der Waals surface area contributed by atoms with Crippen molar-refractivity contribution in [2.24, 2.45) is 0 Å². The van der Waals surface area contributed by atoms with Gasteiger partial charge in [0.2, 0.25) is 5.89 Å². The summed E-state index contributed by atoms with van der Waals surface area (Å²) in [6.07, 6.45) is 1.84. The third-order valence-corrected chi connectivity index (χ3v) is 5.68. The molecule has 0 amide bonds. The molecule has 0 aliphatic rings. The van der Waals surface area contributed by atoms with E-state index >= 15 is 0 Å². The Hall–Kier alpha value is -2.51. The predicted octanol–water partition coefficient (Wildman–Crippen LogP) is 3.26. The molecule has 1 unspecified atom stereocenters. The molecule has 2 aromatic carbocycles. The molecule has 3 aromatic rings. The maximum Gasteiger partial charge on any atom is 0.240 e. The Morgan fingerprint density at radius 2 is 1.74 bits per heavy atom. The van der Waals surface area contributed by atoms with Crippen LogP contribution in [0.25, 0.3) is 0 Å². The molecule has 0 saturated heterocycles. The highest BCUT2D eigenvalue weighted by Gasteiger charge is 2.16. The van der Waals surface area contributed by atoms with Gasteiger partial charge in [0.1, 0.15) is 0 Å². The molecule has 6 nitrogen and oxygen atoms in total. The van der Waals surface area contributed by atoms with Crippen LogP contribution in [0.2, 0.25) is 0 Å². The van der Waals surface area contributed by atoms with E-state index in [1.807, 2.05) is 49.5 Å². The lowest BCUT2D eigenvalue weighted by Gasteiger charge is -2.23. The Morgan fingerprint density at radius 1 is 1.07 bits per heavy atom. The van der Waals surface area contributed by atoms with Gasteiger partial charge in [-0.3, -0.25) is 4.90 Å². The molecular formula is C20H23N3O3S. The van der Waals surface area contributed by atoms with Gasteiger partial charge in [-0.15, -0.1) is 0 Å². The van der Waals surface area contributed by atoms with E-state index in [1.54, 1.807) is 12.1 Å². The molecule has 1 atom stereocenters. The summed E-state index contributed by atoms with van der Waals surface area (Å²) in [7, 11) is -1.22. The molecule has 1 aromatic heterocycles. The standard InChI is InChI=1S/C20H23N3O3S/c1-15(17-9-11-18(12-10-17)27(3,24)25)23(2)14-20-21-19(22-26-20)13-16-7-5-4-6-8-16/h4-12,15H,13-14H2,1-3H3. The zero-order valence-electron chi connectivity index (χ0n) is 15.7. The average Bonchev–Trinajstić information content (AvgIpc) is 3.08. The smallest absolute Gasteiger partial charge is 0.240 e. The van der Waals surface area contributed by atoms with E-state index in [0.717, 1.165) is 11.1 Å². The van der Waals surface area contributed by atoms with Gasteiger partial charge in [-0.25, -0.2) is 8.42 Å². The highest BCUT2D eigenvalue weighted by atomic mass is 32.2. The molecule has 0 spiro atoms. The summed E-state index contributed by atoms with van der Waals surface area (Å²) in [6, 6.07) is 17.0. The van der Waals surface area contributed by atoms with Gasteiger partial charge >= 0.3 is 0 Å². The molecule has 0 saturated carbocycles. The average molecular weight is 385 g/mol. The van der Waals surface area contributed by atoms with Crippen molar-refractivity contribution in [1.82, 2.24) is 15.0 Å². The van der Waals surface area contributed by atoms with Crippen LogP contribution in [0.4, 0.5) is 0 Å². The van der Waals surface area contributed by atoms with E-state index in [9.17, 15) is 8.42 Å². The molecule has 142 valence electrons. The van der Waals surface area contributed by atoms with Crippen LogP contribution >= 0.6 is 0 Å². The summed E-state index contributed by atoms with van der Waals surface area (Å²) in [5.41, 5.74) is 2.16. The second-order valence-electron chi connectivity index (χ2n) is 6.70. The highest BCUT2D eigenvalue weighted by molar-refractivity contribution is 7.90. The third kappa shape index (κ3) is 5.02. The summed E-state index contributed by atoms with van der Waals surface area (Å²) < 4.78 is 28.5. The van der Waals surface area contributed by atoms with Crippen LogP contribution in [0.3, 0.4) is 0 Å². The first-order chi connectivity index (χ1) is 12.8. The van der Waals surface area contributed by atoms with Crippen molar-refractivity contribution in [2.45, 2.75) is 30.8 Å². The first kappa shape index (κ1) is 19.3. The minimum atomic E-state index is -3.18. The Morgan fingerprint density at radius 3 is 2.37 bits per heavy atom. The second-order valence-corrected chi connectivity index (χ2v) is 8.71. The van der Waals surface area contributed by atoms with E-state index in [1.165, 1.54) is 6.26 Å². The summed E-state index contributed by atoms with van der Waals surface area (Å²) in [5, 5.41) is 4.06. The number of rotatable bonds is 7. The van der Waals surface area contributed by atoms with Crippen LogP contribution in [0.1, 0.15) is 35.8 Å². The number of sulfone groups is 1. The van der Waals surface area contributed by atoms with Gasteiger partial charge in [0.25, 0.3) is 0 Å². The van der Waals surface area contributed by atoms with E-state index in [4.69, 9.17) is 4.52 Å². The third-order valence-electron chi connectivity index (χ3n) is 4.55. The number of hydrogen-bond donors (Lipinski definition) is 0. The summed E-state index contributed by atoms with van der Waals surface area (Å²) in [5.74, 6) is 1.22. The van der Waals surface area contributed by atoms with E-state index < -0.39 is 9.84 Å². The van der Waals surface area contributed by atoms with Crippen LogP contribution in [0.5, 0.6) is 0 Å². The Bertz CT molecular complexity index is 983. The highest BCUT2D eigenvalue weighted by Crippen LogP contribution is 2.22. The number of aromatic nitrogens is 2. The quantitative estimate of drug-likeness (QED) is 0.621. The fourth-order valence-electron chi connectivity index (χ4n) is 2.80. The van der Waals surface area contributed by atoms with Crippen LogP contribution < -0.4 is 0 Å². The zero-order valence-corrected chi connectivity index (χ0v) is 16.5. The molecule has 0 radical (unpaired) electrons. The van der Waals surface area contributed by atoms with Gasteiger partial charge in [-0.2, -0.15) is 4.98 Å². The summed E-state index contributed by atoms with van der Waals surface area (Å²) in [4.78, 5) is 6.87. The monoisotopic (exact) mass is 385 g/mol. The minimum absolute atomic E-state index is 0.0723. The fourth-order valence-corrected chi connectivity index (χ4v) is 3.43. The van der Waals surface area contributed by atoms with Crippen molar-refractivity contribution in [3.8, 4) is 0 Å². The van der Waals surface area contributed by atoms with Gasteiger partial charge in [0, 0.05) is 18.7 Å². The topological polar surface area (TPSA) is 76.3 Å². The normalized spacial score (nSPS) is 13.0. The molecule has 0 bridgehead atoms. The van der Waals surface area contributed by atoms with Crippen LogP contribution in [0.15, 0.2) is 64.0 Å². The molecule has 0 N–H and O–H groups in total. The van der Waals surface area contributed by atoms with Crippen molar-refractivity contribution in [3.05, 3.63) is 77.4 Å². The zero-order chi connectivity index (χ0) is 19.4. The van der Waals surface area contributed by atoms with Crippen molar-refractivity contribution in [1.29, 1.82) is 0 Å². The SMILES string of the molecule is CC(c1ccc(S(C)(=O)=O)cc1)N(C)Cc1nc(Cc2ccccc2)no1. The van der Waals surface area contributed by atoms with Gasteiger partial charge < -0.3 is 4.52 Å². The fraction of sp³-hybridized carbons (Fsp3) is 0.300. The maximum absolute atomic E-state index is 11.6. The van der Waals surface area contributed by atoms with Gasteiger partial charge in [0.05, 0.1) is 11.4 Å².